The number of anilines is 2. The summed E-state index contributed by atoms with van der Waals surface area (Å²) in [6.45, 7) is 7.06. The molecule has 1 aromatic heterocycles. The summed E-state index contributed by atoms with van der Waals surface area (Å²) in [7, 11) is 5.95. The van der Waals surface area contributed by atoms with Gasteiger partial charge in [-0.05, 0) is 70.6 Å². The molecule has 5 rings (SSSR count). The molecule has 0 N–H and O–H groups in total. The van der Waals surface area contributed by atoms with E-state index in [9.17, 15) is 4.39 Å². The number of benzene rings is 2. The summed E-state index contributed by atoms with van der Waals surface area (Å²) >= 11 is 0. The number of aromatic nitrogens is 2. The van der Waals surface area contributed by atoms with Gasteiger partial charge in [-0.3, -0.25) is 0 Å². The Morgan fingerprint density at radius 2 is 1.82 bits per heavy atom. The fraction of sp³-hybridized carbons (Fsp3) is 0.467. The zero-order valence-electron chi connectivity index (χ0n) is 23.4. The minimum absolute atomic E-state index is 0.0725. The molecule has 0 unspecified atom stereocenters. The molecule has 2 aromatic carbocycles. The van der Waals surface area contributed by atoms with Crippen molar-refractivity contribution in [3.8, 4) is 22.8 Å². The summed E-state index contributed by atoms with van der Waals surface area (Å²) < 4.78 is 41.3. The van der Waals surface area contributed by atoms with Crippen LogP contribution in [0.4, 0.5) is 20.2 Å². The maximum absolute atomic E-state index is 15.0. The van der Waals surface area contributed by atoms with Gasteiger partial charge in [-0.2, -0.15) is 0 Å². The lowest BCUT2D eigenvalue weighted by Crippen LogP contribution is -2.42. The van der Waals surface area contributed by atoms with Gasteiger partial charge < -0.3 is 24.2 Å². The predicted octanol–water partition coefficient (Wildman–Crippen LogP) is 5.16. The first-order valence-corrected chi connectivity index (χ1v) is 13.6. The third-order valence-corrected chi connectivity index (χ3v) is 7.74. The molecule has 0 bridgehead atoms. The molecule has 0 aliphatic carbocycles. The van der Waals surface area contributed by atoms with Gasteiger partial charge in [-0.25, -0.2) is 18.7 Å². The number of ether oxygens (including phenoxy) is 2. The van der Waals surface area contributed by atoms with Gasteiger partial charge in [0.25, 0.3) is 0 Å². The van der Waals surface area contributed by atoms with E-state index in [2.05, 4.69) is 44.8 Å². The van der Waals surface area contributed by atoms with Crippen LogP contribution < -0.4 is 19.3 Å². The van der Waals surface area contributed by atoms with Crippen LogP contribution in [0.3, 0.4) is 0 Å². The standard InChI is InChI=1S/C30H37F2N5O2/c1-19(2)37-12-13-39-30-23(31)16-21(17-26(30)37)29-24(32)18-33-28(34-29)15-20-6-7-25(27(14-20)38-5)36-10-8-22(9-11-36)35(3)4/h6-7,14,16-19,22H,8-13,15H2,1-5H3. The number of hydrogen-bond donors (Lipinski definition) is 0. The van der Waals surface area contributed by atoms with Crippen molar-refractivity contribution >= 4 is 11.4 Å². The van der Waals surface area contributed by atoms with Crippen LogP contribution in [-0.2, 0) is 6.42 Å². The Bertz CT molecular complexity index is 1320. The third-order valence-electron chi connectivity index (χ3n) is 7.74. The van der Waals surface area contributed by atoms with Gasteiger partial charge in [0.1, 0.15) is 23.9 Å². The highest BCUT2D eigenvalue weighted by Crippen LogP contribution is 2.39. The molecule has 39 heavy (non-hydrogen) atoms. The lowest BCUT2D eigenvalue weighted by atomic mass is 10.0. The number of fused-ring (bicyclic) bond motifs is 1. The SMILES string of the molecule is COc1cc(Cc2ncc(F)c(-c3cc(F)c4c(c3)N(C(C)C)CCO4)n2)ccc1N1CCC(N(C)C)CC1. The molecule has 9 heteroatoms. The first-order valence-electron chi connectivity index (χ1n) is 13.6. The van der Waals surface area contributed by atoms with Crippen LogP contribution in [0.1, 0.15) is 38.1 Å². The molecule has 0 atom stereocenters. The maximum atomic E-state index is 15.0. The van der Waals surface area contributed by atoms with Crippen LogP contribution in [0.25, 0.3) is 11.3 Å². The molecule has 1 fully saturated rings. The average molecular weight is 538 g/mol. The lowest BCUT2D eigenvalue weighted by Gasteiger charge is -2.37. The highest BCUT2D eigenvalue weighted by atomic mass is 19.1. The summed E-state index contributed by atoms with van der Waals surface area (Å²) in [5.74, 6) is 0.320. The van der Waals surface area contributed by atoms with E-state index in [1.165, 1.54) is 6.07 Å². The number of rotatable bonds is 7. The van der Waals surface area contributed by atoms with Gasteiger partial charge in [0.15, 0.2) is 17.4 Å². The molecule has 1 saturated heterocycles. The van der Waals surface area contributed by atoms with Crippen LogP contribution in [0.5, 0.6) is 11.5 Å². The van der Waals surface area contributed by atoms with Gasteiger partial charge >= 0.3 is 0 Å². The van der Waals surface area contributed by atoms with Crippen molar-refractivity contribution in [2.24, 2.45) is 0 Å². The Kier molecular flexibility index (Phi) is 7.88. The van der Waals surface area contributed by atoms with E-state index in [0.717, 1.165) is 49.1 Å². The van der Waals surface area contributed by atoms with E-state index < -0.39 is 11.6 Å². The molecule has 3 heterocycles. The summed E-state index contributed by atoms with van der Waals surface area (Å²) in [6, 6.07) is 9.90. The van der Waals surface area contributed by atoms with Crippen LogP contribution in [-0.4, -0.2) is 74.4 Å². The van der Waals surface area contributed by atoms with E-state index >= 15 is 4.39 Å². The van der Waals surface area contributed by atoms with Crippen molar-refractivity contribution in [1.29, 1.82) is 0 Å². The average Bonchev–Trinajstić information content (AvgIpc) is 2.93. The Morgan fingerprint density at radius 3 is 2.51 bits per heavy atom. The minimum Gasteiger partial charge on any atom is -0.495 e. The van der Waals surface area contributed by atoms with Crippen LogP contribution in [0.15, 0.2) is 36.5 Å². The Labute approximate surface area is 229 Å². The van der Waals surface area contributed by atoms with E-state index in [-0.39, 0.29) is 17.5 Å². The molecule has 0 saturated carbocycles. The third kappa shape index (κ3) is 5.64. The summed E-state index contributed by atoms with van der Waals surface area (Å²) in [5.41, 5.74) is 3.06. The zero-order chi connectivity index (χ0) is 27.7. The van der Waals surface area contributed by atoms with Gasteiger partial charge in [-0.15, -0.1) is 0 Å². The van der Waals surface area contributed by atoms with Gasteiger partial charge in [0.2, 0.25) is 0 Å². The van der Waals surface area contributed by atoms with E-state index in [4.69, 9.17) is 9.47 Å². The number of nitrogens with zero attached hydrogens (tertiary/aromatic N) is 5. The fourth-order valence-electron chi connectivity index (χ4n) is 5.56. The van der Waals surface area contributed by atoms with Crippen molar-refractivity contribution in [1.82, 2.24) is 14.9 Å². The van der Waals surface area contributed by atoms with Crippen molar-refractivity contribution in [2.45, 2.75) is 45.2 Å². The zero-order valence-corrected chi connectivity index (χ0v) is 23.4. The predicted molar refractivity (Wildman–Crippen MR) is 150 cm³/mol. The molecule has 0 amide bonds. The van der Waals surface area contributed by atoms with Gasteiger partial charge in [-0.1, -0.05) is 6.07 Å². The highest BCUT2D eigenvalue weighted by Gasteiger charge is 2.26. The first-order chi connectivity index (χ1) is 18.7. The topological polar surface area (TPSA) is 54.0 Å². The first kappa shape index (κ1) is 27.1. The summed E-state index contributed by atoms with van der Waals surface area (Å²) in [5, 5.41) is 0. The molecule has 2 aliphatic rings. The number of piperidine rings is 1. The normalized spacial score (nSPS) is 16.0. The molecule has 3 aromatic rings. The van der Waals surface area contributed by atoms with E-state index in [0.29, 0.717) is 42.7 Å². The summed E-state index contributed by atoms with van der Waals surface area (Å²) in [4.78, 5) is 15.5. The quantitative estimate of drug-likeness (QED) is 0.413. The largest absolute Gasteiger partial charge is 0.495 e. The smallest absolute Gasteiger partial charge is 0.178 e. The highest BCUT2D eigenvalue weighted by molar-refractivity contribution is 5.72. The van der Waals surface area contributed by atoms with E-state index in [1.807, 2.05) is 26.0 Å². The number of halogens is 2. The van der Waals surface area contributed by atoms with Gasteiger partial charge in [0, 0.05) is 37.2 Å². The Balaban J connectivity index is 1.39. The molecular weight excluding hydrogens is 500 g/mol. The van der Waals surface area contributed by atoms with Crippen molar-refractivity contribution in [3.05, 3.63) is 59.6 Å². The molecule has 0 radical (unpaired) electrons. The van der Waals surface area contributed by atoms with Crippen LogP contribution in [0.2, 0.25) is 0 Å². The molecule has 2 aliphatic heterocycles. The minimum atomic E-state index is -0.597. The molecular formula is C30H37F2N5O2. The Morgan fingerprint density at radius 1 is 1.05 bits per heavy atom. The number of hydrogen-bond acceptors (Lipinski definition) is 7. The fourth-order valence-corrected chi connectivity index (χ4v) is 5.56. The molecule has 7 nitrogen and oxygen atoms in total. The van der Waals surface area contributed by atoms with Crippen molar-refractivity contribution in [3.63, 3.8) is 0 Å². The second kappa shape index (κ2) is 11.3. The summed E-state index contributed by atoms with van der Waals surface area (Å²) in [6.07, 6.45) is 3.76. The van der Waals surface area contributed by atoms with Crippen molar-refractivity contribution in [2.75, 3.05) is 57.2 Å². The second-order valence-corrected chi connectivity index (χ2v) is 10.8. The maximum Gasteiger partial charge on any atom is 0.178 e. The van der Waals surface area contributed by atoms with Crippen LogP contribution in [0, 0.1) is 11.6 Å². The molecule has 0 spiro atoms. The second-order valence-electron chi connectivity index (χ2n) is 10.8. The monoisotopic (exact) mass is 537 g/mol. The van der Waals surface area contributed by atoms with Gasteiger partial charge in [0.05, 0.1) is 31.2 Å². The lowest BCUT2D eigenvalue weighted by molar-refractivity contribution is 0.249. The van der Waals surface area contributed by atoms with Crippen molar-refractivity contribution < 1.29 is 18.3 Å². The van der Waals surface area contributed by atoms with E-state index in [1.54, 1.807) is 13.2 Å². The van der Waals surface area contributed by atoms with Crippen LogP contribution >= 0.6 is 0 Å². The Hall–Kier alpha value is -3.46. The number of methoxy groups -OCH3 is 1. The molecule has 208 valence electrons.